The predicted molar refractivity (Wildman–Crippen MR) is 73.3 cm³/mol. The van der Waals surface area contributed by atoms with Crippen LogP contribution < -0.4 is 5.32 Å². The third-order valence-electron chi connectivity index (χ3n) is 3.29. The molecule has 7 heteroatoms. The van der Waals surface area contributed by atoms with Gasteiger partial charge in [-0.2, -0.15) is 0 Å². The van der Waals surface area contributed by atoms with E-state index in [-0.39, 0.29) is 18.5 Å². The van der Waals surface area contributed by atoms with Gasteiger partial charge in [0.1, 0.15) is 5.82 Å². The van der Waals surface area contributed by atoms with E-state index in [1.54, 1.807) is 0 Å². The van der Waals surface area contributed by atoms with Crippen molar-refractivity contribution < 1.29 is 17.6 Å². The van der Waals surface area contributed by atoms with Crippen LogP contribution in [0.2, 0.25) is 0 Å². The Balaban J connectivity index is 1.99. The van der Waals surface area contributed by atoms with Crippen molar-refractivity contribution in [1.29, 1.82) is 0 Å². The van der Waals surface area contributed by atoms with Gasteiger partial charge in [-0.15, -0.1) is 0 Å². The molecule has 1 atom stereocenters. The molecule has 1 aliphatic rings. The molecule has 1 N–H and O–H groups in total. The maximum absolute atomic E-state index is 12.8. The molecule has 1 unspecified atom stereocenters. The molecule has 110 valence electrons. The molecule has 1 saturated heterocycles. The lowest BCUT2D eigenvalue weighted by molar-refractivity contribution is 0.0921. The SMILES string of the molecule is CS(=O)(=O)N1CCCC(NC(=O)c2ccc(F)cc2)C1. The van der Waals surface area contributed by atoms with Gasteiger partial charge in [-0.1, -0.05) is 0 Å². The Hall–Kier alpha value is -1.47. The van der Waals surface area contributed by atoms with E-state index in [0.717, 1.165) is 12.7 Å². The number of sulfonamides is 1. The number of rotatable bonds is 3. The van der Waals surface area contributed by atoms with Crippen LogP contribution in [0.25, 0.3) is 0 Å². The smallest absolute Gasteiger partial charge is 0.251 e. The molecular formula is C13H17FN2O3S. The van der Waals surface area contributed by atoms with Crippen molar-refractivity contribution >= 4 is 15.9 Å². The second-order valence-electron chi connectivity index (χ2n) is 4.94. The molecule has 1 aromatic carbocycles. The number of halogens is 1. The lowest BCUT2D eigenvalue weighted by Crippen LogP contribution is -2.49. The number of hydrogen-bond acceptors (Lipinski definition) is 3. The molecule has 5 nitrogen and oxygen atoms in total. The van der Waals surface area contributed by atoms with Crippen molar-refractivity contribution in [3.05, 3.63) is 35.6 Å². The minimum atomic E-state index is -3.23. The fourth-order valence-corrected chi connectivity index (χ4v) is 3.14. The highest BCUT2D eigenvalue weighted by Crippen LogP contribution is 2.14. The van der Waals surface area contributed by atoms with Gasteiger partial charge < -0.3 is 5.32 Å². The van der Waals surface area contributed by atoms with Gasteiger partial charge in [0, 0.05) is 24.7 Å². The van der Waals surface area contributed by atoms with Crippen LogP contribution in [0.4, 0.5) is 4.39 Å². The summed E-state index contributed by atoms with van der Waals surface area (Å²) in [6, 6.07) is 5.04. The predicted octanol–water partition coefficient (Wildman–Crippen LogP) is 0.979. The molecule has 0 radical (unpaired) electrons. The van der Waals surface area contributed by atoms with Crippen LogP contribution in [-0.2, 0) is 10.0 Å². The molecule has 1 aliphatic heterocycles. The van der Waals surface area contributed by atoms with Gasteiger partial charge in [0.15, 0.2) is 0 Å². The van der Waals surface area contributed by atoms with Crippen LogP contribution in [-0.4, -0.2) is 44.0 Å². The third-order valence-corrected chi connectivity index (χ3v) is 4.56. The Kier molecular flexibility index (Phi) is 4.39. The highest BCUT2D eigenvalue weighted by molar-refractivity contribution is 7.88. The Morgan fingerprint density at radius 3 is 2.60 bits per heavy atom. The summed E-state index contributed by atoms with van der Waals surface area (Å²) in [5, 5.41) is 2.79. The molecule has 1 amide bonds. The van der Waals surface area contributed by atoms with E-state index in [1.807, 2.05) is 0 Å². The zero-order valence-electron chi connectivity index (χ0n) is 11.2. The van der Waals surface area contributed by atoms with E-state index in [9.17, 15) is 17.6 Å². The number of carbonyl (C=O) groups is 1. The molecule has 0 spiro atoms. The van der Waals surface area contributed by atoms with Crippen LogP contribution in [0, 0.1) is 5.82 Å². The van der Waals surface area contributed by atoms with E-state index in [0.29, 0.717) is 18.5 Å². The molecular weight excluding hydrogens is 283 g/mol. The summed E-state index contributed by atoms with van der Waals surface area (Å²) in [5.41, 5.74) is 0.364. The lowest BCUT2D eigenvalue weighted by atomic mass is 10.1. The van der Waals surface area contributed by atoms with Crippen molar-refractivity contribution in [2.75, 3.05) is 19.3 Å². The van der Waals surface area contributed by atoms with Gasteiger partial charge in [0.05, 0.1) is 6.26 Å². The first-order chi connectivity index (χ1) is 9.36. The molecule has 1 aromatic rings. The maximum atomic E-state index is 12.8. The van der Waals surface area contributed by atoms with Crippen molar-refractivity contribution in [3.8, 4) is 0 Å². The third kappa shape index (κ3) is 3.77. The van der Waals surface area contributed by atoms with E-state index in [1.165, 1.54) is 28.6 Å². The van der Waals surface area contributed by atoms with Crippen molar-refractivity contribution in [1.82, 2.24) is 9.62 Å². The number of benzene rings is 1. The molecule has 0 saturated carbocycles. The van der Waals surface area contributed by atoms with Gasteiger partial charge in [0.25, 0.3) is 5.91 Å². The topological polar surface area (TPSA) is 66.5 Å². The van der Waals surface area contributed by atoms with Crippen LogP contribution in [0.15, 0.2) is 24.3 Å². The molecule has 20 heavy (non-hydrogen) atoms. The quantitative estimate of drug-likeness (QED) is 0.905. The minimum absolute atomic E-state index is 0.212. The van der Waals surface area contributed by atoms with Crippen LogP contribution in [0.1, 0.15) is 23.2 Å². The fourth-order valence-electron chi connectivity index (χ4n) is 2.23. The fraction of sp³-hybridized carbons (Fsp3) is 0.462. The minimum Gasteiger partial charge on any atom is -0.348 e. The summed E-state index contributed by atoms with van der Waals surface area (Å²) in [6.07, 6.45) is 2.61. The second-order valence-corrected chi connectivity index (χ2v) is 6.92. The highest BCUT2D eigenvalue weighted by atomic mass is 32.2. The van der Waals surface area contributed by atoms with Crippen molar-refractivity contribution in [3.63, 3.8) is 0 Å². The number of nitrogens with zero attached hydrogens (tertiary/aromatic N) is 1. The van der Waals surface area contributed by atoms with E-state index >= 15 is 0 Å². The molecule has 1 fully saturated rings. The summed E-state index contributed by atoms with van der Waals surface area (Å²) in [6.45, 7) is 0.771. The normalized spacial score (nSPS) is 20.6. The molecule has 0 bridgehead atoms. The first-order valence-corrected chi connectivity index (χ1v) is 8.22. The molecule has 0 aliphatic carbocycles. The van der Waals surface area contributed by atoms with Crippen molar-refractivity contribution in [2.45, 2.75) is 18.9 Å². The van der Waals surface area contributed by atoms with Crippen LogP contribution >= 0.6 is 0 Å². The standard InChI is InChI=1S/C13H17FN2O3S/c1-20(18,19)16-8-2-3-12(9-16)15-13(17)10-4-6-11(14)7-5-10/h4-7,12H,2-3,8-9H2,1H3,(H,15,17). The number of hydrogen-bond donors (Lipinski definition) is 1. The van der Waals surface area contributed by atoms with Gasteiger partial charge in [-0.25, -0.2) is 17.1 Å². The Morgan fingerprint density at radius 1 is 1.35 bits per heavy atom. The number of piperidine rings is 1. The van der Waals surface area contributed by atoms with Crippen LogP contribution in [0.3, 0.4) is 0 Å². The number of nitrogens with one attached hydrogen (secondary N) is 1. The van der Waals surface area contributed by atoms with E-state index < -0.39 is 15.8 Å². The largest absolute Gasteiger partial charge is 0.348 e. The average molecular weight is 300 g/mol. The Bertz CT molecular complexity index is 586. The summed E-state index contributed by atoms with van der Waals surface area (Å²) in [5.74, 6) is -0.715. The van der Waals surface area contributed by atoms with E-state index in [2.05, 4.69) is 5.32 Å². The average Bonchev–Trinajstić information content (AvgIpc) is 2.38. The van der Waals surface area contributed by atoms with Crippen molar-refractivity contribution in [2.24, 2.45) is 0 Å². The van der Waals surface area contributed by atoms with Gasteiger partial charge in [-0.05, 0) is 37.1 Å². The zero-order valence-corrected chi connectivity index (χ0v) is 12.0. The lowest BCUT2D eigenvalue weighted by Gasteiger charge is -2.31. The summed E-state index contributed by atoms with van der Waals surface area (Å²) in [4.78, 5) is 12.0. The number of amides is 1. The first-order valence-electron chi connectivity index (χ1n) is 6.38. The van der Waals surface area contributed by atoms with E-state index in [4.69, 9.17) is 0 Å². The zero-order chi connectivity index (χ0) is 14.8. The second kappa shape index (κ2) is 5.88. The van der Waals surface area contributed by atoms with Gasteiger partial charge in [-0.3, -0.25) is 4.79 Å². The monoisotopic (exact) mass is 300 g/mol. The first kappa shape index (κ1) is 14.9. The summed E-state index contributed by atoms with van der Waals surface area (Å²) >= 11 is 0. The Morgan fingerprint density at radius 2 is 2.00 bits per heavy atom. The Labute approximate surface area is 117 Å². The highest BCUT2D eigenvalue weighted by Gasteiger charge is 2.26. The molecule has 1 heterocycles. The molecule has 2 rings (SSSR count). The summed E-state index contributed by atoms with van der Waals surface area (Å²) < 4.78 is 37.1. The van der Waals surface area contributed by atoms with Gasteiger partial charge in [0.2, 0.25) is 10.0 Å². The van der Waals surface area contributed by atoms with Gasteiger partial charge >= 0.3 is 0 Å². The molecule has 0 aromatic heterocycles. The van der Waals surface area contributed by atoms with Crippen LogP contribution in [0.5, 0.6) is 0 Å². The maximum Gasteiger partial charge on any atom is 0.251 e. The summed E-state index contributed by atoms with van der Waals surface area (Å²) in [7, 11) is -3.23. The number of carbonyl (C=O) groups excluding carboxylic acids is 1.